The second kappa shape index (κ2) is 6.37. The fourth-order valence-corrected chi connectivity index (χ4v) is 2.49. The summed E-state index contributed by atoms with van der Waals surface area (Å²) in [6.45, 7) is 0. The van der Waals surface area contributed by atoms with Crippen molar-refractivity contribution >= 4 is 45.9 Å². The van der Waals surface area contributed by atoms with Crippen LogP contribution < -0.4 is 10.6 Å². The van der Waals surface area contributed by atoms with E-state index in [0.717, 1.165) is 22.7 Å². The van der Waals surface area contributed by atoms with Gasteiger partial charge in [-0.1, -0.05) is 34.8 Å². The zero-order valence-electron chi connectivity index (χ0n) is 10.9. The number of carbonyl (C=O) groups excluding carboxylic acids is 2. The first kappa shape index (κ1) is 14.2. The average Bonchev–Trinajstić information content (AvgIpc) is 3.23. The molecule has 3 rings (SSSR count). The van der Waals surface area contributed by atoms with E-state index in [1.807, 2.05) is 0 Å². The number of aromatic nitrogens is 4. The molecule has 2 amide bonds. The quantitative estimate of drug-likeness (QED) is 0.755. The molecule has 0 spiro atoms. The van der Waals surface area contributed by atoms with Crippen LogP contribution in [0.15, 0.2) is 35.3 Å². The maximum atomic E-state index is 12.0. The zero-order chi connectivity index (χ0) is 15.4. The van der Waals surface area contributed by atoms with Crippen molar-refractivity contribution in [3.8, 4) is 0 Å². The Morgan fingerprint density at radius 3 is 1.64 bits per heavy atom. The fourth-order valence-electron chi connectivity index (χ4n) is 1.60. The molecule has 2 N–H and O–H groups in total. The van der Waals surface area contributed by atoms with Gasteiger partial charge in [0, 0.05) is 0 Å². The molecule has 0 bridgehead atoms. The van der Waals surface area contributed by atoms with Gasteiger partial charge in [0.15, 0.2) is 0 Å². The number of nitrogens with one attached hydrogen (secondary N) is 2. The molecule has 0 radical (unpaired) electrons. The Bertz CT molecular complexity index is 721. The molecule has 0 saturated carbocycles. The lowest BCUT2D eigenvalue weighted by Crippen LogP contribution is -2.16. The van der Waals surface area contributed by atoms with Crippen molar-refractivity contribution in [2.75, 3.05) is 10.6 Å². The Balaban J connectivity index is 1.78. The Morgan fingerprint density at radius 1 is 0.818 bits per heavy atom. The highest BCUT2D eigenvalue weighted by molar-refractivity contribution is 7.11. The van der Waals surface area contributed by atoms with Crippen molar-refractivity contribution in [1.82, 2.24) is 20.4 Å². The summed E-state index contributed by atoms with van der Waals surface area (Å²) in [5, 5.41) is 20.5. The van der Waals surface area contributed by atoms with Crippen LogP contribution in [0.25, 0.3) is 0 Å². The zero-order valence-corrected chi connectivity index (χ0v) is 12.5. The third-order valence-electron chi connectivity index (χ3n) is 2.53. The van der Waals surface area contributed by atoms with Crippen LogP contribution in [0.3, 0.4) is 0 Å². The summed E-state index contributed by atoms with van der Waals surface area (Å²) in [5.74, 6) is -0.778. The van der Waals surface area contributed by atoms with Crippen molar-refractivity contribution in [2.45, 2.75) is 0 Å². The van der Waals surface area contributed by atoms with E-state index in [1.165, 1.54) is 11.0 Å². The minimum absolute atomic E-state index is 0.241. The van der Waals surface area contributed by atoms with Crippen molar-refractivity contribution in [3.63, 3.8) is 0 Å². The average molecular weight is 332 g/mol. The molecule has 10 heteroatoms. The molecule has 2 heterocycles. The van der Waals surface area contributed by atoms with E-state index >= 15 is 0 Å². The minimum atomic E-state index is -0.389. The first-order valence-corrected chi connectivity index (χ1v) is 7.74. The summed E-state index contributed by atoms with van der Waals surface area (Å²) in [6.07, 6.45) is 0. The molecule has 0 atom stereocenters. The van der Waals surface area contributed by atoms with Crippen LogP contribution in [0.1, 0.15) is 19.6 Å². The molecule has 0 saturated heterocycles. The van der Waals surface area contributed by atoms with E-state index in [9.17, 15) is 9.59 Å². The molecule has 0 aliphatic heterocycles. The Hall–Kier alpha value is -2.72. The topological polar surface area (TPSA) is 110 Å². The predicted molar refractivity (Wildman–Crippen MR) is 82.2 cm³/mol. The van der Waals surface area contributed by atoms with Crippen molar-refractivity contribution in [1.29, 1.82) is 0 Å². The first-order chi connectivity index (χ1) is 10.7. The standard InChI is InChI=1S/C12H8N6O2S2/c19-9(11-17-13-5-21-11)15-7-3-1-2-4-8(7)16-10(20)12-18-14-6-22-12/h1-6H,(H,15,19)(H,16,20). The van der Waals surface area contributed by atoms with Crippen LogP contribution in [0, 0.1) is 0 Å². The van der Waals surface area contributed by atoms with Gasteiger partial charge in [-0.15, -0.1) is 20.4 Å². The number of benzene rings is 1. The van der Waals surface area contributed by atoms with Crippen LogP contribution in [0.2, 0.25) is 0 Å². The van der Waals surface area contributed by atoms with E-state index in [0.29, 0.717) is 11.4 Å². The molecule has 0 fully saturated rings. The van der Waals surface area contributed by atoms with E-state index in [-0.39, 0.29) is 21.8 Å². The van der Waals surface area contributed by atoms with E-state index in [2.05, 4.69) is 31.0 Å². The predicted octanol–water partition coefficient (Wildman–Crippen LogP) is 1.89. The highest BCUT2D eigenvalue weighted by Crippen LogP contribution is 2.22. The molecule has 22 heavy (non-hydrogen) atoms. The summed E-state index contributed by atoms with van der Waals surface area (Å²) < 4.78 is 0. The highest BCUT2D eigenvalue weighted by Gasteiger charge is 2.15. The molecular weight excluding hydrogens is 324 g/mol. The number of carbonyl (C=O) groups is 2. The van der Waals surface area contributed by atoms with Gasteiger partial charge in [0.2, 0.25) is 10.0 Å². The fraction of sp³-hybridized carbons (Fsp3) is 0. The van der Waals surface area contributed by atoms with Gasteiger partial charge in [0.05, 0.1) is 11.4 Å². The van der Waals surface area contributed by atoms with Crippen LogP contribution >= 0.6 is 22.7 Å². The maximum absolute atomic E-state index is 12.0. The van der Waals surface area contributed by atoms with Gasteiger partial charge in [-0.25, -0.2) is 0 Å². The minimum Gasteiger partial charge on any atom is -0.318 e. The second-order valence-corrected chi connectivity index (χ2v) is 5.61. The van der Waals surface area contributed by atoms with Crippen molar-refractivity contribution < 1.29 is 9.59 Å². The van der Waals surface area contributed by atoms with Gasteiger partial charge in [-0.05, 0) is 12.1 Å². The molecule has 0 unspecified atom stereocenters. The van der Waals surface area contributed by atoms with E-state index in [4.69, 9.17) is 0 Å². The van der Waals surface area contributed by atoms with Crippen LogP contribution in [0.5, 0.6) is 0 Å². The summed E-state index contributed by atoms with van der Waals surface area (Å²) in [7, 11) is 0. The number of amides is 2. The summed E-state index contributed by atoms with van der Waals surface area (Å²) in [6, 6.07) is 6.84. The molecule has 3 aromatic rings. The number of hydrogen-bond acceptors (Lipinski definition) is 8. The molecule has 0 aliphatic carbocycles. The smallest absolute Gasteiger partial charge is 0.286 e. The number of rotatable bonds is 4. The lowest BCUT2D eigenvalue weighted by atomic mass is 10.2. The molecule has 8 nitrogen and oxygen atoms in total. The maximum Gasteiger partial charge on any atom is 0.286 e. The largest absolute Gasteiger partial charge is 0.318 e. The number of anilines is 2. The molecule has 0 aliphatic rings. The summed E-state index contributed by atoms with van der Waals surface area (Å²) in [4.78, 5) is 24.0. The van der Waals surface area contributed by atoms with Crippen LogP contribution in [-0.4, -0.2) is 32.2 Å². The van der Waals surface area contributed by atoms with Gasteiger partial charge < -0.3 is 10.6 Å². The van der Waals surface area contributed by atoms with Gasteiger partial charge in [0.25, 0.3) is 11.8 Å². The van der Waals surface area contributed by atoms with Crippen LogP contribution in [0.4, 0.5) is 11.4 Å². The van der Waals surface area contributed by atoms with Crippen molar-refractivity contribution in [3.05, 3.63) is 45.3 Å². The molecule has 110 valence electrons. The van der Waals surface area contributed by atoms with Gasteiger partial charge in [0.1, 0.15) is 11.0 Å². The third kappa shape index (κ3) is 3.13. The summed E-state index contributed by atoms with van der Waals surface area (Å²) >= 11 is 2.26. The van der Waals surface area contributed by atoms with Gasteiger partial charge >= 0.3 is 0 Å². The highest BCUT2D eigenvalue weighted by atomic mass is 32.1. The lowest BCUT2D eigenvalue weighted by molar-refractivity contribution is 0.101. The normalized spacial score (nSPS) is 10.2. The third-order valence-corrected chi connectivity index (χ3v) is 3.91. The summed E-state index contributed by atoms with van der Waals surface area (Å²) in [5.41, 5.74) is 3.86. The monoisotopic (exact) mass is 332 g/mol. The molecule has 2 aromatic heterocycles. The molecule has 1 aromatic carbocycles. The first-order valence-electron chi connectivity index (χ1n) is 5.98. The van der Waals surface area contributed by atoms with Crippen molar-refractivity contribution in [2.24, 2.45) is 0 Å². The van der Waals surface area contributed by atoms with Gasteiger partial charge in [-0.2, -0.15) is 0 Å². The Kier molecular flexibility index (Phi) is 4.12. The SMILES string of the molecule is O=C(Nc1ccccc1NC(=O)c1nncs1)c1nncs1. The van der Waals surface area contributed by atoms with E-state index in [1.54, 1.807) is 24.3 Å². The van der Waals surface area contributed by atoms with Gasteiger partial charge in [-0.3, -0.25) is 9.59 Å². The Labute approximate surface area is 132 Å². The van der Waals surface area contributed by atoms with Crippen LogP contribution in [-0.2, 0) is 0 Å². The second-order valence-electron chi connectivity index (χ2n) is 3.94. The van der Waals surface area contributed by atoms with E-state index < -0.39 is 0 Å². The number of hydrogen-bond donors (Lipinski definition) is 2. The number of nitrogens with zero attached hydrogens (tertiary/aromatic N) is 4. The Morgan fingerprint density at radius 2 is 1.27 bits per heavy atom. The molecular formula is C12H8N6O2S2. The lowest BCUT2D eigenvalue weighted by Gasteiger charge is -2.10. The number of para-hydroxylation sites is 2.